The summed E-state index contributed by atoms with van der Waals surface area (Å²) in [7, 11) is 0. The minimum Gasteiger partial charge on any atom is -0.452 e. The van der Waals surface area contributed by atoms with E-state index < -0.39 is 11.5 Å². The predicted molar refractivity (Wildman–Crippen MR) is 81.7 cm³/mol. The molecule has 0 bridgehead atoms. The molecular formula is C16H22N2O4. The standard InChI is InChI=1S/C16H22N2O4/c1-12-7-8-13(15(20)17-12)16(21)22-11-14(19)18-9-5-3-2-4-6-10-18/h7-8H,2-6,9-11H2,1H3,(H,17,20). The number of carbonyl (C=O) groups excluding carboxylic acids is 2. The van der Waals surface area contributed by atoms with E-state index >= 15 is 0 Å². The molecular weight excluding hydrogens is 284 g/mol. The normalized spacial score (nSPS) is 15.8. The third-order valence-electron chi connectivity index (χ3n) is 3.81. The first-order chi connectivity index (χ1) is 10.6. The molecule has 6 nitrogen and oxygen atoms in total. The fourth-order valence-corrected chi connectivity index (χ4v) is 2.53. The number of aromatic amines is 1. The summed E-state index contributed by atoms with van der Waals surface area (Å²) in [6.07, 6.45) is 5.44. The zero-order valence-corrected chi connectivity index (χ0v) is 12.9. The molecule has 1 N–H and O–H groups in total. The molecule has 0 unspecified atom stereocenters. The van der Waals surface area contributed by atoms with Gasteiger partial charge in [-0.1, -0.05) is 19.3 Å². The van der Waals surface area contributed by atoms with Gasteiger partial charge in [0.15, 0.2) is 6.61 Å². The molecule has 1 saturated heterocycles. The summed E-state index contributed by atoms with van der Waals surface area (Å²) in [4.78, 5) is 39.9. The number of H-pyrrole nitrogens is 1. The van der Waals surface area contributed by atoms with Crippen LogP contribution in [-0.2, 0) is 9.53 Å². The monoisotopic (exact) mass is 306 g/mol. The lowest BCUT2D eigenvalue weighted by molar-refractivity contribution is -0.134. The Hall–Kier alpha value is -2.11. The number of rotatable bonds is 3. The molecule has 2 rings (SSSR count). The van der Waals surface area contributed by atoms with Crippen LogP contribution in [0.5, 0.6) is 0 Å². The number of pyridine rings is 1. The van der Waals surface area contributed by atoms with Gasteiger partial charge in [0.1, 0.15) is 5.56 Å². The fourth-order valence-electron chi connectivity index (χ4n) is 2.53. The van der Waals surface area contributed by atoms with Gasteiger partial charge in [-0.25, -0.2) is 4.79 Å². The second-order valence-corrected chi connectivity index (χ2v) is 5.61. The van der Waals surface area contributed by atoms with Gasteiger partial charge in [-0.2, -0.15) is 0 Å². The summed E-state index contributed by atoms with van der Waals surface area (Å²) in [5.74, 6) is -0.958. The molecule has 1 aliphatic rings. The quantitative estimate of drug-likeness (QED) is 0.861. The number of ether oxygens (including phenoxy) is 1. The first kappa shape index (κ1) is 16.3. The number of likely N-dealkylation sites (tertiary alicyclic amines) is 1. The van der Waals surface area contributed by atoms with E-state index in [9.17, 15) is 14.4 Å². The van der Waals surface area contributed by atoms with Gasteiger partial charge in [-0.3, -0.25) is 9.59 Å². The van der Waals surface area contributed by atoms with E-state index in [0.29, 0.717) is 18.8 Å². The van der Waals surface area contributed by atoms with Crippen molar-refractivity contribution in [2.24, 2.45) is 0 Å². The van der Waals surface area contributed by atoms with Gasteiger partial charge >= 0.3 is 5.97 Å². The van der Waals surface area contributed by atoms with E-state index in [2.05, 4.69) is 4.98 Å². The Labute approximate surface area is 129 Å². The molecule has 1 aromatic rings. The van der Waals surface area contributed by atoms with Crippen LogP contribution in [0.4, 0.5) is 0 Å². The van der Waals surface area contributed by atoms with Crippen molar-refractivity contribution in [3.05, 3.63) is 33.7 Å². The van der Waals surface area contributed by atoms with E-state index in [1.165, 1.54) is 12.5 Å². The lowest BCUT2D eigenvalue weighted by atomic mass is 10.1. The van der Waals surface area contributed by atoms with Gasteiger partial charge < -0.3 is 14.6 Å². The van der Waals surface area contributed by atoms with Crippen LogP contribution >= 0.6 is 0 Å². The van der Waals surface area contributed by atoms with E-state index in [0.717, 1.165) is 25.7 Å². The zero-order chi connectivity index (χ0) is 15.9. The molecule has 0 aromatic carbocycles. The first-order valence-corrected chi connectivity index (χ1v) is 7.73. The molecule has 2 heterocycles. The average Bonchev–Trinajstić information content (AvgIpc) is 2.44. The van der Waals surface area contributed by atoms with Crippen molar-refractivity contribution in [1.82, 2.24) is 9.88 Å². The van der Waals surface area contributed by atoms with Crippen molar-refractivity contribution in [3.63, 3.8) is 0 Å². The summed E-state index contributed by atoms with van der Waals surface area (Å²) in [5.41, 5.74) is 0.0908. The third kappa shape index (κ3) is 4.44. The highest BCUT2D eigenvalue weighted by molar-refractivity contribution is 5.90. The SMILES string of the molecule is Cc1ccc(C(=O)OCC(=O)N2CCCCCCC2)c(=O)[nH]1. The lowest BCUT2D eigenvalue weighted by Gasteiger charge is -2.24. The van der Waals surface area contributed by atoms with Crippen molar-refractivity contribution in [1.29, 1.82) is 0 Å². The van der Waals surface area contributed by atoms with Gasteiger partial charge in [0.25, 0.3) is 11.5 Å². The molecule has 1 aliphatic heterocycles. The number of nitrogens with zero attached hydrogens (tertiary/aromatic N) is 1. The third-order valence-corrected chi connectivity index (χ3v) is 3.81. The zero-order valence-electron chi connectivity index (χ0n) is 12.9. The Morgan fingerprint density at radius 3 is 2.41 bits per heavy atom. The van der Waals surface area contributed by atoms with Crippen molar-refractivity contribution in [2.45, 2.75) is 39.0 Å². The Morgan fingerprint density at radius 1 is 1.14 bits per heavy atom. The summed E-state index contributed by atoms with van der Waals surface area (Å²) < 4.78 is 4.99. The Morgan fingerprint density at radius 2 is 1.77 bits per heavy atom. The van der Waals surface area contributed by atoms with Crippen LogP contribution in [0.2, 0.25) is 0 Å². The van der Waals surface area contributed by atoms with Gasteiger partial charge in [0, 0.05) is 18.8 Å². The number of hydrogen-bond donors (Lipinski definition) is 1. The van der Waals surface area contributed by atoms with E-state index in [1.807, 2.05) is 0 Å². The number of aromatic nitrogens is 1. The molecule has 0 radical (unpaired) electrons. The fraction of sp³-hybridized carbons (Fsp3) is 0.562. The summed E-state index contributed by atoms with van der Waals surface area (Å²) >= 11 is 0. The predicted octanol–water partition coefficient (Wildman–Crippen LogP) is 1.63. The molecule has 0 atom stereocenters. The van der Waals surface area contributed by atoms with Crippen molar-refractivity contribution in [2.75, 3.05) is 19.7 Å². The van der Waals surface area contributed by atoms with Crippen LogP contribution in [0.15, 0.2) is 16.9 Å². The molecule has 22 heavy (non-hydrogen) atoms. The molecule has 0 aliphatic carbocycles. The molecule has 120 valence electrons. The molecule has 0 saturated carbocycles. The average molecular weight is 306 g/mol. The van der Waals surface area contributed by atoms with Gasteiger partial charge in [-0.15, -0.1) is 0 Å². The van der Waals surface area contributed by atoms with E-state index in [-0.39, 0.29) is 18.1 Å². The van der Waals surface area contributed by atoms with Crippen molar-refractivity contribution in [3.8, 4) is 0 Å². The highest BCUT2D eigenvalue weighted by Crippen LogP contribution is 2.10. The summed E-state index contributed by atoms with van der Waals surface area (Å²) in [6.45, 7) is 2.83. The number of aryl methyl sites for hydroxylation is 1. The van der Waals surface area contributed by atoms with Gasteiger partial charge in [0.2, 0.25) is 0 Å². The Kier molecular flexibility index (Phi) is 5.75. The largest absolute Gasteiger partial charge is 0.452 e. The number of amides is 1. The van der Waals surface area contributed by atoms with Crippen LogP contribution < -0.4 is 5.56 Å². The maximum atomic E-state index is 12.1. The van der Waals surface area contributed by atoms with Gasteiger partial charge in [-0.05, 0) is 31.9 Å². The van der Waals surface area contributed by atoms with Crippen LogP contribution in [-0.4, -0.2) is 41.5 Å². The topological polar surface area (TPSA) is 79.5 Å². The summed E-state index contributed by atoms with van der Waals surface area (Å²) in [5, 5.41) is 0. The number of hydrogen-bond acceptors (Lipinski definition) is 4. The number of nitrogens with one attached hydrogen (secondary N) is 1. The van der Waals surface area contributed by atoms with Crippen molar-refractivity contribution >= 4 is 11.9 Å². The highest BCUT2D eigenvalue weighted by Gasteiger charge is 2.18. The molecule has 6 heteroatoms. The Balaban J connectivity index is 1.89. The van der Waals surface area contributed by atoms with Crippen molar-refractivity contribution < 1.29 is 14.3 Å². The molecule has 0 spiro atoms. The van der Waals surface area contributed by atoms with Crippen LogP contribution in [0, 0.1) is 6.92 Å². The number of carbonyl (C=O) groups is 2. The first-order valence-electron chi connectivity index (χ1n) is 7.73. The van der Waals surface area contributed by atoms with Gasteiger partial charge in [0.05, 0.1) is 0 Å². The smallest absolute Gasteiger partial charge is 0.344 e. The minimum atomic E-state index is -0.762. The second kappa shape index (κ2) is 7.77. The minimum absolute atomic E-state index is 0.0777. The molecule has 1 fully saturated rings. The lowest BCUT2D eigenvalue weighted by Crippen LogP contribution is -2.37. The summed E-state index contributed by atoms with van der Waals surface area (Å²) in [6, 6.07) is 3.04. The van der Waals surface area contributed by atoms with Crippen LogP contribution in [0.3, 0.4) is 0 Å². The maximum Gasteiger partial charge on any atom is 0.344 e. The van der Waals surface area contributed by atoms with E-state index in [1.54, 1.807) is 17.9 Å². The molecule has 1 aromatic heterocycles. The molecule has 1 amide bonds. The van der Waals surface area contributed by atoms with Crippen LogP contribution in [0.1, 0.15) is 48.2 Å². The Bertz CT molecular complexity index is 586. The number of esters is 1. The van der Waals surface area contributed by atoms with Crippen LogP contribution in [0.25, 0.3) is 0 Å². The van der Waals surface area contributed by atoms with E-state index in [4.69, 9.17) is 4.74 Å². The maximum absolute atomic E-state index is 12.1. The highest BCUT2D eigenvalue weighted by atomic mass is 16.5. The second-order valence-electron chi connectivity index (χ2n) is 5.61.